The number of imidazole rings is 2. The molecule has 0 spiro atoms. The van der Waals surface area contributed by atoms with Crippen LogP contribution in [-0.4, -0.2) is 87.8 Å². The van der Waals surface area contributed by atoms with Crippen molar-refractivity contribution in [1.29, 1.82) is 0 Å². The number of hydrogen-bond acceptors (Lipinski definition) is 14. The van der Waals surface area contributed by atoms with E-state index < -0.39 is 0 Å². The third kappa shape index (κ3) is 8.45. The van der Waals surface area contributed by atoms with Crippen LogP contribution in [0.25, 0.3) is 45.2 Å². The number of H-pyrrole nitrogens is 2. The van der Waals surface area contributed by atoms with E-state index in [0.717, 1.165) is 82.6 Å². The van der Waals surface area contributed by atoms with Crippen LogP contribution >= 0.6 is 24.8 Å². The summed E-state index contributed by atoms with van der Waals surface area (Å²) in [5.74, 6) is 7.21. The first kappa shape index (κ1) is 40.0. The normalized spacial score (nSPS) is 13.4. The molecule has 20 heteroatoms. The van der Waals surface area contributed by atoms with Crippen LogP contribution in [-0.2, 0) is 26.3 Å². The van der Waals surface area contributed by atoms with Crippen LogP contribution < -0.4 is 20.1 Å². The van der Waals surface area contributed by atoms with E-state index in [-0.39, 0.29) is 38.0 Å². The highest BCUT2D eigenvalue weighted by Gasteiger charge is 2.16. The Kier molecular flexibility index (Phi) is 11.1. The lowest BCUT2D eigenvalue weighted by atomic mass is 10.2. The molecule has 0 atom stereocenters. The zero-order valence-corrected chi connectivity index (χ0v) is 34.4. The SMILES string of the molecule is Cl.Cl.c1cc(OCc2cn(Cc3ccc(-c4nc5ccc(C6=NCCN6)cc5[nH]4)o3)nn2)ccc1OCc1cn(Cc2ccc(-c3nc4ccc(C5=NCCN5)cc4[nH]3)o2)nn1. The Morgan fingerprint density at radius 3 is 1.47 bits per heavy atom. The summed E-state index contributed by atoms with van der Waals surface area (Å²) in [5, 5.41) is 23.7. The molecular formula is C42H38Cl2N14O4. The fraction of sp³-hybridized carbons (Fsp3) is 0.190. The fourth-order valence-electron chi connectivity index (χ4n) is 7.14. The highest BCUT2D eigenvalue weighted by molar-refractivity contribution is 6.03. The van der Waals surface area contributed by atoms with Crippen molar-refractivity contribution in [3.8, 4) is 34.7 Å². The molecule has 0 fully saturated rings. The Balaban J connectivity index is 0.00000245. The van der Waals surface area contributed by atoms with Crippen molar-refractivity contribution in [2.75, 3.05) is 26.2 Å². The number of hydrogen-bond donors (Lipinski definition) is 4. The summed E-state index contributed by atoms with van der Waals surface area (Å²) in [7, 11) is 0. The van der Waals surface area contributed by atoms with E-state index in [9.17, 15) is 0 Å². The Morgan fingerprint density at radius 1 is 0.565 bits per heavy atom. The Labute approximate surface area is 364 Å². The minimum Gasteiger partial charge on any atom is -0.487 e. The molecule has 9 aromatic rings. The zero-order valence-electron chi connectivity index (χ0n) is 32.8. The van der Waals surface area contributed by atoms with Crippen LogP contribution in [0.3, 0.4) is 0 Å². The average Bonchev–Trinajstić information content (AvgIpc) is 4.12. The average molecular weight is 874 g/mol. The lowest BCUT2D eigenvalue weighted by Gasteiger charge is -2.06. The molecule has 314 valence electrons. The van der Waals surface area contributed by atoms with Crippen LogP contribution in [0.4, 0.5) is 0 Å². The quantitative estimate of drug-likeness (QED) is 0.100. The molecule has 62 heavy (non-hydrogen) atoms. The number of ether oxygens (including phenoxy) is 2. The molecule has 8 heterocycles. The lowest BCUT2D eigenvalue weighted by Crippen LogP contribution is -2.19. The van der Waals surface area contributed by atoms with Gasteiger partial charge in [0, 0.05) is 24.2 Å². The largest absolute Gasteiger partial charge is 0.487 e. The molecule has 3 aromatic carbocycles. The number of aliphatic imine (C=N–C) groups is 2. The first-order valence-corrected chi connectivity index (χ1v) is 19.5. The molecule has 2 aliphatic heterocycles. The molecule has 18 nitrogen and oxygen atoms in total. The number of aromatic nitrogens is 10. The second-order valence-electron chi connectivity index (χ2n) is 14.3. The number of fused-ring (bicyclic) bond motifs is 2. The summed E-state index contributed by atoms with van der Waals surface area (Å²) in [6, 6.07) is 27.1. The van der Waals surface area contributed by atoms with Gasteiger partial charge >= 0.3 is 0 Å². The van der Waals surface area contributed by atoms with Gasteiger partial charge in [0.05, 0.1) is 47.6 Å². The first-order valence-electron chi connectivity index (χ1n) is 19.5. The minimum atomic E-state index is 0. The maximum Gasteiger partial charge on any atom is 0.174 e. The van der Waals surface area contributed by atoms with E-state index in [0.29, 0.717) is 59.1 Å². The number of furan rings is 2. The standard InChI is InChI=1S/C42H36N14O4.2ClH/c1-9-33-35(17-25(1)39-43-13-14-44-39)49-41(47-33)37-11-7-31(59-37)21-55-19-27(51-53-55)23-57-29-3-5-30(6-4-29)58-24-28-20-56(54-52-28)22-32-8-12-38(60-32)42-48-34-10-2-26(18-36(34)50-42)40-45-15-16-46-40;;/h1-12,17-20H,13-16,21-24H2,(H,43,44)(H,45,46)(H,47,49)(H,48,50);2*1H. The van der Waals surface area contributed by atoms with Gasteiger partial charge in [-0.1, -0.05) is 10.4 Å². The molecule has 6 aromatic heterocycles. The third-order valence-electron chi connectivity index (χ3n) is 10.1. The van der Waals surface area contributed by atoms with Crippen LogP contribution in [0, 0.1) is 0 Å². The number of rotatable bonds is 14. The molecule has 0 amide bonds. The van der Waals surface area contributed by atoms with Crippen molar-refractivity contribution in [1.82, 2.24) is 60.6 Å². The Bertz CT molecular complexity index is 2840. The molecule has 4 N–H and O–H groups in total. The molecule has 0 aliphatic carbocycles. The van der Waals surface area contributed by atoms with Gasteiger partial charge in [-0.25, -0.2) is 19.3 Å². The van der Waals surface area contributed by atoms with Gasteiger partial charge in [0.1, 0.15) is 72.4 Å². The molecule has 0 radical (unpaired) electrons. The molecule has 2 aliphatic rings. The van der Waals surface area contributed by atoms with Gasteiger partial charge in [0.15, 0.2) is 23.2 Å². The van der Waals surface area contributed by atoms with Crippen LogP contribution in [0.1, 0.15) is 34.0 Å². The van der Waals surface area contributed by atoms with E-state index in [1.165, 1.54) is 0 Å². The summed E-state index contributed by atoms with van der Waals surface area (Å²) >= 11 is 0. The molecule has 0 saturated carbocycles. The second kappa shape index (κ2) is 17.3. The first-order chi connectivity index (χ1) is 29.6. The number of aromatic amines is 2. The summed E-state index contributed by atoms with van der Waals surface area (Å²) in [6.07, 6.45) is 3.67. The van der Waals surface area contributed by atoms with Gasteiger partial charge in [-0.05, 0) is 84.9 Å². The zero-order chi connectivity index (χ0) is 39.8. The number of halogens is 2. The lowest BCUT2D eigenvalue weighted by molar-refractivity contribution is 0.292. The van der Waals surface area contributed by atoms with Crippen molar-refractivity contribution in [3.63, 3.8) is 0 Å². The highest BCUT2D eigenvalue weighted by Crippen LogP contribution is 2.26. The summed E-state index contributed by atoms with van der Waals surface area (Å²) in [6.45, 7) is 4.62. The van der Waals surface area contributed by atoms with E-state index >= 15 is 0 Å². The van der Waals surface area contributed by atoms with Crippen LogP contribution in [0.2, 0.25) is 0 Å². The molecule has 11 rings (SSSR count). The van der Waals surface area contributed by atoms with Gasteiger partial charge in [0.2, 0.25) is 0 Å². The summed E-state index contributed by atoms with van der Waals surface area (Å²) in [5.41, 5.74) is 6.98. The third-order valence-corrected chi connectivity index (χ3v) is 10.1. The minimum absolute atomic E-state index is 0. The van der Waals surface area contributed by atoms with E-state index in [2.05, 4.69) is 63.3 Å². The van der Waals surface area contributed by atoms with Gasteiger partial charge < -0.3 is 38.9 Å². The van der Waals surface area contributed by atoms with Crippen LogP contribution in [0.5, 0.6) is 11.5 Å². The fourth-order valence-corrected chi connectivity index (χ4v) is 7.14. The van der Waals surface area contributed by atoms with Crippen molar-refractivity contribution in [3.05, 3.63) is 131 Å². The summed E-state index contributed by atoms with van der Waals surface area (Å²) < 4.78 is 27.6. The smallest absolute Gasteiger partial charge is 0.174 e. The molecular weight excluding hydrogens is 835 g/mol. The van der Waals surface area contributed by atoms with E-state index in [1.807, 2.05) is 85.2 Å². The number of amidine groups is 2. The predicted molar refractivity (Wildman–Crippen MR) is 234 cm³/mol. The van der Waals surface area contributed by atoms with Crippen LogP contribution in [0.15, 0.2) is 116 Å². The maximum atomic E-state index is 6.11. The maximum absolute atomic E-state index is 6.11. The molecule has 0 unspecified atom stereocenters. The van der Waals surface area contributed by atoms with Gasteiger partial charge in [-0.15, -0.1) is 35.0 Å². The van der Waals surface area contributed by atoms with E-state index in [4.69, 9.17) is 28.3 Å². The number of nitrogens with one attached hydrogen (secondary N) is 4. The topological polar surface area (TPSA) is 212 Å². The number of benzene rings is 3. The van der Waals surface area contributed by atoms with Gasteiger partial charge in [-0.3, -0.25) is 9.98 Å². The van der Waals surface area contributed by atoms with Crippen molar-refractivity contribution >= 4 is 58.6 Å². The Morgan fingerprint density at radius 2 is 1.03 bits per heavy atom. The van der Waals surface area contributed by atoms with Crippen molar-refractivity contribution < 1.29 is 18.3 Å². The molecule has 0 bridgehead atoms. The van der Waals surface area contributed by atoms with Crippen molar-refractivity contribution in [2.45, 2.75) is 26.3 Å². The number of nitrogens with zero attached hydrogens (tertiary/aromatic N) is 10. The van der Waals surface area contributed by atoms with Gasteiger partial charge in [-0.2, -0.15) is 0 Å². The predicted octanol–water partition coefficient (Wildman–Crippen LogP) is 5.94. The van der Waals surface area contributed by atoms with E-state index in [1.54, 1.807) is 9.36 Å². The van der Waals surface area contributed by atoms with Crippen molar-refractivity contribution in [2.24, 2.45) is 9.98 Å². The second-order valence-corrected chi connectivity index (χ2v) is 14.3. The molecule has 0 saturated heterocycles. The monoisotopic (exact) mass is 872 g/mol. The highest BCUT2D eigenvalue weighted by atomic mass is 35.5. The summed E-state index contributed by atoms with van der Waals surface area (Å²) in [4.78, 5) is 25.2. The van der Waals surface area contributed by atoms with Gasteiger partial charge in [0.25, 0.3) is 0 Å². The Hall–Kier alpha value is -7.44.